The van der Waals surface area contributed by atoms with Crippen molar-refractivity contribution in [1.29, 1.82) is 0 Å². The summed E-state index contributed by atoms with van der Waals surface area (Å²) in [5.74, 6) is 0.670. The van der Waals surface area contributed by atoms with Gasteiger partial charge in [-0.2, -0.15) is 5.10 Å². The fourth-order valence-electron chi connectivity index (χ4n) is 3.85. The lowest BCUT2D eigenvalue weighted by Crippen LogP contribution is -1.98. The molecule has 0 spiro atoms. The minimum atomic E-state index is 0.670. The van der Waals surface area contributed by atoms with Crippen LogP contribution in [0.4, 0.5) is 0 Å². The highest BCUT2D eigenvalue weighted by Crippen LogP contribution is 2.36. The predicted octanol–water partition coefficient (Wildman–Crippen LogP) is 6.55. The number of rotatable bonds is 4. The molecule has 150 valence electrons. The Morgan fingerprint density at radius 1 is 1.10 bits per heavy atom. The van der Waals surface area contributed by atoms with Crippen LogP contribution in [0, 0.1) is 0 Å². The number of aryl methyl sites for hydroxylation is 2. The molecule has 0 aliphatic rings. The number of fused-ring (bicyclic) bond motifs is 2. The molecule has 0 fully saturated rings. The van der Waals surface area contributed by atoms with Gasteiger partial charge >= 0.3 is 0 Å². The molecule has 0 saturated heterocycles. The Labute approximate surface area is 187 Å². The van der Waals surface area contributed by atoms with Crippen molar-refractivity contribution in [3.63, 3.8) is 0 Å². The van der Waals surface area contributed by atoms with Crippen LogP contribution in [0.25, 0.3) is 44.6 Å². The van der Waals surface area contributed by atoms with Crippen molar-refractivity contribution in [1.82, 2.24) is 24.7 Å². The van der Waals surface area contributed by atoms with E-state index in [1.807, 2.05) is 48.3 Å². The first-order valence-corrected chi connectivity index (χ1v) is 11.0. The van der Waals surface area contributed by atoms with Gasteiger partial charge < -0.3 is 4.98 Å². The maximum atomic E-state index is 6.09. The van der Waals surface area contributed by atoms with E-state index in [2.05, 4.69) is 40.0 Å². The number of aromatic nitrogens is 5. The Balaban J connectivity index is 1.85. The van der Waals surface area contributed by atoms with E-state index in [-0.39, 0.29) is 0 Å². The number of hydrogen-bond donors (Lipinski definition) is 1. The normalized spacial score (nSPS) is 11.6. The van der Waals surface area contributed by atoms with Crippen molar-refractivity contribution >= 4 is 49.5 Å². The second-order valence-corrected chi connectivity index (χ2v) is 8.66. The van der Waals surface area contributed by atoms with Gasteiger partial charge in [0.05, 0.1) is 5.69 Å². The molecule has 5 nitrogen and oxygen atoms in total. The fourth-order valence-corrected chi connectivity index (χ4v) is 4.34. The number of nitrogens with one attached hydrogen (secondary N) is 1. The van der Waals surface area contributed by atoms with Crippen LogP contribution in [0.3, 0.4) is 0 Å². The van der Waals surface area contributed by atoms with E-state index in [4.69, 9.17) is 26.7 Å². The van der Waals surface area contributed by atoms with Crippen molar-refractivity contribution < 1.29 is 0 Å². The van der Waals surface area contributed by atoms with Gasteiger partial charge in [0.1, 0.15) is 16.7 Å². The third-order valence-electron chi connectivity index (χ3n) is 5.24. The van der Waals surface area contributed by atoms with E-state index < -0.39 is 0 Å². The van der Waals surface area contributed by atoms with Crippen molar-refractivity contribution in [3.05, 3.63) is 63.9 Å². The lowest BCUT2D eigenvalue weighted by molar-refractivity contribution is 0.753. The average molecular weight is 481 g/mol. The third-order valence-corrected chi connectivity index (χ3v) is 5.99. The first kappa shape index (κ1) is 19.3. The van der Waals surface area contributed by atoms with E-state index in [0.717, 1.165) is 61.8 Å². The molecule has 0 atom stereocenters. The van der Waals surface area contributed by atoms with Crippen molar-refractivity contribution in [2.24, 2.45) is 7.05 Å². The predicted molar refractivity (Wildman–Crippen MR) is 126 cm³/mol. The van der Waals surface area contributed by atoms with Crippen molar-refractivity contribution in [2.45, 2.75) is 19.8 Å². The minimum Gasteiger partial charge on any atom is -0.360 e. The molecule has 7 heteroatoms. The molecule has 5 rings (SSSR count). The van der Waals surface area contributed by atoms with Crippen LogP contribution in [-0.4, -0.2) is 24.7 Å². The van der Waals surface area contributed by atoms with E-state index in [1.165, 1.54) is 0 Å². The molecular weight excluding hydrogens is 462 g/mol. The van der Waals surface area contributed by atoms with E-state index >= 15 is 0 Å². The van der Waals surface area contributed by atoms with Gasteiger partial charge in [-0.15, -0.1) is 0 Å². The molecule has 0 bridgehead atoms. The van der Waals surface area contributed by atoms with Gasteiger partial charge in [0, 0.05) is 44.8 Å². The summed E-state index contributed by atoms with van der Waals surface area (Å²) >= 11 is 9.69. The van der Waals surface area contributed by atoms with Crippen LogP contribution in [0.2, 0.25) is 5.02 Å². The summed E-state index contributed by atoms with van der Waals surface area (Å²) in [4.78, 5) is 13.3. The van der Waals surface area contributed by atoms with E-state index in [0.29, 0.717) is 10.8 Å². The first-order valence-electron chi connectivity index (χ1n) is 9.81. The molecule has 0 saturated carbocycles. The molecule has 5 aromatic rings. The van der Waals surface area contributed by atoms with Gasteiger partial charge in [-0.1, -0.05) is 40.9 Å². The summed E-state index contributed by atoms with van der Waals surface area (Å²) in [5, 5.41) is 6.56. The van der Waals surface area contributed by atoms with Gasteiger partial charge in [0.2, 0.25) is 0 Å². The lowest BCUT2D eigenvalue weighted by atomic mass is 10.1. The zero-order chi connectivity index (χ0) is 20.8. The molecule has 30 heavy (non-hydrogen) atoms. The van der Waals surface area contributed by atoms with Gasteiger partial charge in [-0.25, -0.2) is 9.97 Å². The second-order valence-electron chi connectivity index (χ2n) is 7.31. The number of H-pyrrole nitrogens is 1. The highest BCUT2D eigenvalue weighted by Gasteiger charge is 2.20. The molecule has 3 heterocycles. The molecule has 3 aromatic heterocycles. The zero-order valence-corrected chi connectivity index (χ0v) is 18.9. The number of nitrogens with zero attached hydrogens (tertiary/aromatic N) is 4. The number of benzene rings is 2. The van der Waals surface area contributed by atoms with E-state index in [9.17, 15) is 0 Å². The average Bonchev–Trinajstić information content (AvgIpc) is 3.29. The van der Waals surface area contributed by atoms with Gasteiger partial charge in [0.25, 0.3) is 0 Å². The van der Waals surface area contributed by atoms with Gasteiger partial charge in [-0.3, -0.25) is 4.68 Å². The topological polar surface area (TPSA) is 59.4 Å². The van der Waals surface area contributed by atoms with Crippen LogP contribution in [-0.2, 0) is 13.5 Å². The standard InChI is InChI=1S/C23H19BrClN5/c1-3-4-19-21-22(30(2)29-19)20(17-12-26-18-10-7-14(24)11-16(17)18)27-23(28-21)13-5-8-15(25)9-6-13/h5-12,26H,3-4H2,1-2H3. The Morgan fingerprint density at radius 3 is 2.67 bits per heavy atom. The molecule has 0 aliphatic carbocycles. The quantitative estimate of drug-likeness (QED) is 0.317. The Kier molecular flexibility index (Phi) is 4.83. The molecule has 0 amide bonds. The fraction of sp³-hybridized carbons (Fsp3) is 0.174. The number of aromatic amines is 1. The summed E-state index contributed by atoms with van der Waals surface area (Å²) in [6.07, 6.45) is 3.88. The molecule has 0 aliphatic heterocycles. The minimum absolute atomic E-state index is 0.670. The highest BCUT2D eigenvalue weighted by molar-refractivity contribution is 9.10. The van der Waals surface area contributed by atoms with Crippen molar-refractivity contribution in [3.8, 4) is 22.6 Å². The summed E-state index contributed by atoms with van der Waals surface area (Å²) in [6, 6.07) is 13.8. The second kappa shape index (κ2) is 7.52. The number of halogens is 2. The zero-order valence-electron chi connectivity index (χ0n) is 16.6. The number of hydrogen-bond acceptors (Lipinski definition) is 3. The monoisotopic (exact) mass is 479 g/mol. The van der Waals surface area contributed by atoms with Crippen LogP contribution >= 0.6 is 27.5 Å². The summed E-state index contributed by atoms with van der Waals surface area (Å²) in [7, 11) is 1.96. The van der Waals surface area contributed by atoms with Crippen LogP contribution in [0.15, 0.2) is 53.1 Å². The molecule has 0 radical (unpaired) electrons. The van der Waals surface area contributed by atoms with Gasteiger partial charge in [0.15, 0.2) is 5.82 Å². The Morgan fingerprint density at radius 2 is 1.90 bits per heavy atom. The Bertz CT molecular complexity index is 1380. The lowest BCUT2D eigenvalue weighted by Gasteiger charge is -2.08. The maximum absolute atomic E-state index is 6.09. The van der Waals surface area contributed by atoms with E-state index in [1.54, 1.807) is 0 Å². The van der Waals surface area contributed by atoms with Crippen molar-refractivity contribution in [2.75, 3.05) is 0 Å². The van der Waals surface area contributed by atoms with Crippen LogP contribution in [0.1, 0.15) is 19.0 Å². The summed E-state index contributed by atoms with van der Waals surface area (Å²) in [6.45, 7) is 2.15. The summed E-state index contributed by atoms with van der Waals surface area (Å²) < 4.78 is 2.92. The molecule has 1 N–H and O–H groups in total. The SMILES string of the molecule is CCCc1nn(C)c2c(-c3c[nH]c4ccc(Br)cc34)nc(-c3ccc(Cl)cc3)nc12. The molecular formula is C23H19BrClN5. The van der Waals surface area contributed by atoms with Crippen LogP contribution < -0.4 is 0 Å². The smallest absolute Gasteiger partial charge is 0.160 e. The summed E-state index contributed by atoms with van der Waals surface area (Å²) in [5.41, 5.74) is 6.72. The third kappa shape index (κ3) is 3.20. The van der Waals surface area contributed by atoms with Gasteiger partial charge in [-0.05, 0) is 48.9 Å². The van der Waals surface area contributed by atoms with Crippen LogP contribution in [0.5, 0.6) is 0 Å². The maximum Gasteiger partial charge on any atom is 0.160 e. The molecule has 0 unspecified atom stereocenters. The molecule has 2 aromatic carbocycles. The highest BCUT2D eigenvalue weighted by atomic mass is 79.9. The Hall–Kier alpha value is -2.70. The largest absolute Gasteiger partial charge is 0.360 e. The first-order chi connectivity index (χ1) is 14.5.